The van der Waals surface area contributed by atoms with E-state index in [1.807, 2.05) is 0 Å². The van der Waals surface area contributed by atoms with Crippen molar-refractivity contribution in [1.29, 1.82) is 0 Å². The lowest BCUT2D eigenvalue weighted by molar-refractivity contribution is -0.122. The van der Waals surface area contributed by atoms with Gasteiger partial charge in [-0.2, -0.15) is 0 Å². The molecule has 0 bridgehead atoms. The van der Waals surface area contributed by atoms with Crippen LogP contribution in [0.15, 0.2) is 0 Å². The number of hydrogen-bond donors (Lipinski definition) is 2. The van der Waals surface area contributed by atoms with Gasteiger partial charge in [-0.1, -0.05) is 0 Å². The van der Waals surface area contributed by atoms with E-state index in [2.05, 4.69) is 15.5 Å². The molecule has 2 aliphatic rings. The van der Waals surface area contributed by atoms with E-state index in [4.69, 9.17) is 4.74 Å². The van der Waals surface area contributed by atoms with Gasteiger partial charge < -0.3 is 15.4 Å². The van der Waals surface area contributed by atoms with Gasteiger partial charge in [-0.3, -0.25) is 9.69 Å². The van der Waals surface area contributed by atoms with E-state index in [0.717, 1.165) is 25.6 Å². The lowest BCUT2D eigenvalue weighted by Gasteiger charge is -2.25. The summed E-state index contributed by atoms with van der Waals surface area (Å²) in [5.74, 6) is 0.948. The molecule has 0 spiro atoms. The summed E-state index contributed by atoms with van der Waals surface area (Å²) in [5, 5.41) is 6.42. The number of nitrogens with one attached hydrogen (secondary N) is 2. The second-order valence-electron chi connectivity index (χ2n) is 5.77. The summed E-state index contributed by atoms with van der Waals surface area (Å²) in [6.45, 7) is 4.93. The Kier molecular flexibility index (Phi) is 6.07. The van der Waals surface area contributed by atoms with Crippen molar-refractivity contribution in [2.75, 3.05) is 46.4 Å². The summed E-state index contributed by atoms with van der Waals surface area (Å²) in [4.78, 5) is 14.2. The second-order valence-corrected chi connectivity index (χ2v) is 5.77. The molecule has 5 heteroatoms. The Balaban J connectivity index is 1.70. The Labute approximate surface area is 116 Å². The lowest BCUT2D eigenvalue weighted by atomic mass is 10.2. The predicted molar refractivity (Wildman–Crippen MR) is 75.1 cm³/mol. The molecule has 0 radical (unpaired) electrons. The molecule has 1 saturated carbocycles. The van der Waals surface area contributed by atoms with Crippen LogP contribution in [0, 0.1) is 5.92 Å². The number of methoxy groups -OCH3 is 1. The number of ether oxygens (including phenoxy) is 1. The molecule has 2 rings (SSSR count). The summed E-state index contributed by atoms with van der Waals surface area (Å²) in [5.41, 5.74) is 0. The topological polar surface area (TPSA) is 53.6 Å². The third-order valence-electron chi connectivity index (χ3n) is 3.85. The van der Waals surface area contributed by atoms with E-state index < -0.39 is 0 Å². The Morgan fingerprint density at radius 1 is 1.37 bits per heavy atom. The van der Waals surface area contributed by atoms with Gasteiger partial charge in [0.2, 0.25) is 5.91 Å². The van der Waals surface area contributed by atoms with Crippen molar-refractivity contribution in [3.05, 3.63) is 0 Å². The highest BCUT2D eigenvalue weighted by Crippen LogP contribution is 2.29. The predicted octanol–water partition coefficient (Wildman–Crippen LogP) is 0.213. The Morgan fingerprint density at radius 2 is 2.21 bits per heavy atom. The number of nitrogens with zero attached hydrogens (tertiary/aromatic N) is 1. The van der Waals surface area contributed by atoms with Gasteiger partial charge >= 0.3 is 0 Å². The average Bonchev–Trinajstić information content (AvgIpc) is 3.03. The Morgan fingerprint density at radius 3 is 2.84 bits per heavy atom. The van der Waals surface area contributed by atoms with Crippen LogP contribution < -0.4 is 10.6 Å². The van der Waals surface area contributed by atoms with Crippen LogP contribution >= 0.6 is 0 Å². The smallest absolute Gasteiger partial charge is 0.234 e. The van der Waals surface area contributed by atoms with E-state index in [0.29, 0.717) is 25.7 Å². The largest absolute Gasteiger partial charge is 0.383 e. The second kappa shape index (κ2) is 7.82. The average molecular weight is 269 g/mol. The number of amides is 1. The van der Waals surface area contributed by atoms with E-state index in [1.165, 1.54) is 25.7 Å². The van der Waals surface area contributed by atoms with Crippen molar-refractivity contribution in [1.82, 2.24) is 15.5 Å². The molecule has 0 aromatic heterocycles. The minimum absolute atomic E-state index is 0.121. The molecular formula is C14H27N3O2. The fraction of sp³-hybridized carbons (Fsp3) is 0.929. The van der Waals surface area contributed by atoms with E-state index >= 15 is 0 Å². The fourth-order valence-electron chi connectivity index (χ4n) is 2.64. The summed E-state index contributed by atoms with van der Waals surface area (Å²) in [6.07, 6.45) is 5.17. The number of rotatable bonds is 9. The molecule has 1 amide bonds. The molecule has 0 aromatic carbocycles. The molecule has 2 N–H and O–H groups in total. The molecule has 19 heavy (non-hydrogen) atoms. The van der Waals surface area contributed by atoms with Crippen LogP contribution in [0.1, 0.15) is 25.7 Å². The molecule has 110 valence electrons. The van der Waals surface area contributed by atoms with E-state index in [1.54, 1.807) is 7.11 Å². The zero-order valence-corrected chi connectivity index (χ0v) is 12.0. The van der Waals surface area contributed by atoms with Crippen LogP contribution in [0.4, 0.5) is 0 Å². The maximum atomic E-state index is 11.9. The highest BCUT2D eigenvalue weighted by Gasteiger charge is 2.27. The molecular weight excluding hydrogens is 242 g/mol. The van der Waals surface area contributed by atoms with E-state index in [9.17, 15) is 4.79 Å². The van der Waals surface area contributed by atoms with Crippen molar-refractivity contribution in [2.24, 2.45) is 5.92 Å². The van der Waals surface area contributed by atoms with Crippen molar-refractivity contribution in [3.8, 4) is 0 Å². The standard InChI is InChI=1S/C14H27N3O2/c1-19-8-7-16-14(18)11-17(9-12-4-5-12)10-13-3-2-6-15-13/h12-13,15H,2-11H2,1H3,(H,16,18). The summed E-state index contributed by atoms with van der Waals surface area (Å²) >= 11 is 0. The summed E-state index contributed by atoms with van der Waals surface area (Å²) in [7, 11) is 1.65. The molecule has 2 fully saturated rings. The van der Waals surface area contributed by atoms with Crippen LogP contribution in [0.25, 0.3) is 0 Å². The highest BCUT2D eigenvalue weighted by atomic mass is 16.5. The molecule has 1 aliphatic carbocycles. The molecule has 1 unspecified atom stereocenters. The Bertz CT molecular complexity index is 276. The van der Waals surface area contributed by atoms with Gasteiger partial charge in [0.25, 0.3) is 0 Å². The van der Waals surface area contributed by atoms with Crippen LogP contribution in [0.3, 0.4) is 0 Å². The summed E-state index contributed by atoms with van der Waals surface area (Å²) < 4.78 is 4.94. The van der Waals surface area contributed by atoms with Crippen LogP contribution in [-0.2, 0) is 9.53 Å². The molecule has 1 aliphatic heterocycles. The van der Waals surface area contributed by atoms with Crippen molar-refractivity contribution in [2.45, 2.75) is 31.7 Å². The van der Waals surface area contributed by atoms with Gasteiger partial charge in [0.15, 0.2) is 0 Å². The van der Waals surface area contributed by atoms with Crippen LogP contribution in [-0.4, -0.2) is 63.3 Å². The molecule has 1 atom stereocenters. The minimum Gasteiger partial charge on any atom is -0.383 e. The van der Waals surface area contributed by atoms with Gasteiger partial charge in [-0.25, -0.2) is 0 Å². The monoisotopic (exact) mass is 269 g/mol. The van der Waals surface area contributed by atoms with E-state index in [-0.39, 0.29) is 5.91 Å². The third-order valence-corrected chi connectivity index (χ3v) is 3.85. The first-order valence-electron chi connectivity index (χ1n) is 7.49. The molecule has 1 heterocycles. The highest BCUT2D eigenvalue weighted by molar-refractivity contribution is 5.78. The van der Waals surface area contributed by atoms with Gasteiger partial charge in [0.1, 0.15) is 0 Å². The lowest BCUT2D eigenvalue weighted by Crippen LogP contribution is -2.44. The normalized spacial score (nSPS) is 22.9. The third kappa shape index (κ3) is 5.89. The van der Waals surface area contributed by atoms with Gasteiger partial charge in [0.05, 0.1) is 13.2 Å². The number of carbonyl (C=O) groups is 1. The fourth-order valence-corrected chi connectivity index (χ4v) is 2.64. The minimum atomic E-state index is 0.121. The Hall–Kier alpha value is -0.650. The first-order valence-corrected chi connectivity index (χ1v) is 7.49. The summed E-state index contributed by atoms with van der Waals surface area (Å²) in [6, 6.07) is 0.575. The SMILES string of the molecule is COCCNC(=O)CN(CC1CC1)CC1CCCN1. The van der Waals surface area contributed by atoms with Gasteiger partial charge in [0, 0.05) is 32.8 Å². The zero-order chi connectivity index (χ0) is 13.5. The number of carbonyl (C=O) groups excluding carboxylic acids is 1. The molecule has 0 aromatic rings. The maximum absolute atomic E-state index is 11.9. The maximum Gasteiger partial charge on any atom is 0.234 e. The van der Waals surface area contributed by atoms with Crippen molar-refractivity contribution < 1.29 is 9.53 Å². The molecule has 5 nitrogen and oxygen atoms in total. The van der Waals surface area contributed by atoms with Crippen molar-refractivity contribution >= 4 is 5.91 Å². The first kappa shape index (κ1) is 14.8. The van der Waals surface area contributed by atoms with Gasteiger partial charge in [-0.15, -0.1) is 0 Å². The van der Waals surface area contributed by atoms with Gasteiger partial charge in [-0.05, 0) is 38.1 Å². The quantitative estimate of drug-likeness (QED) is 0.588. The van der Waals surface area contributed by atoms with Crippen LogP contribution in [0.5, 0.6) is 0 Å². The molecule has 1 saturated heterocycles. The zero-order valence-electron chi connectivity index (χ0n) is 12.0. The first-order chi connectivity index (χ1) is 9.28. The van der Waals surface area contributed by atoms with Crippen LogP contribution in [0.2, 0.25) is 0 Å². The van der Waals surface area contributed by atoms with Crippen molar-refractivity contribution in [3.63, 3.8) is 0 Å². The number of hydrogen-bond acceptors (Lipinski definition) is 4.